The van der Waals surface area contributed by atoms with Gasteiger partial charge in [-0.25, -0.2) is 4.98 Å². The number of para-hydroxylation sites is 1. The lowest BCUT2D eigenvalue weighted by molar-refractivity contribution is 0.0996. The van der Waals surface area contributed by atoms with E-state index in [0.717, 1.165) is 20.9 Å². The van der Waals surface area contributed by atoms with E-state index < -0.39 is 5.91 Å². The lowest BCUT2D eigenvalue weighted by Gasteiger charge is -2.09. The van der Waals surface area contributed by atoms with Crippen LogP contribution in [0.1, 0.15) is 17.3 Å². The molecule has 0 saturated heterocycles. The SMILES string of the molecule is CCn1c(O)c(N=NC(=O)c2cc(-c3ccc(Br)cc3)nc3ccc(OC)cc23)c2ccccc21. The van der Waals surface area contributed by atoms with Crippen molar-refractivity contribution in [2.45, 2.75) is 13.5 Å². The Bertz CT molecular complexity index is 1610. The Morgan fingerprint density at radius 2 is 1.83 bits per heavy atom. The molecule has 5 rings (SSSR count). The second kappa shape index (κ2) is 9.31. The van der Waals surface area contributed by atoms with Gasteiger partial charge in [-0.1, -0.05) is 46.3 Å². The zero-order valence-electron chi connectivity index (χ0n) is 19.1. The van der Waals surface area contributed by atoms with Crippen molar-refractivity contribution in [2.75, 3.05) is 7.11 Å². The van der Waals surface area contributed by atoms with Crippen LogP contribution in [0.5, 0.6) is 11.6 Å². The van der Waals surface area contributed by atoms with Crippen LogP contribution in [0.3, 0.4) is 0 Å². The molecule has 1 N–H and O–H groups in total. The van der Waals surface area contributed by atoms with Gasteiger partial charge in [-0.15, -0.1) is 10.2 Å². The Kier molecular flexibility index (Phi) is 6.05. The number of rotatable bonds is 5. The summed E-state index contributed by atoms with van der Waals surface area (Å²) < 4.78 is 8.04. The van der Waals surface area contributed by atoms with Crippen molar-refractivity contribution in [3.8, 4) is 22.9 Å². The monoisotopic (exact) mass is 528 g/mol. The number of carbonyl (C=O) groups excluding carboxylic acids is 1. The van der Waals surface area contributed by atoms with Crippen molar-refractivity contribution in [1.82, 2.24) is 9.55 Å². The lowest BCUT2D eigenvalue weighted by atomic mass is 10.0. The summed E-state index contributed by atoms with van der Waals surface area (Å²) in [5, 5.41) is 20.3. The number of aryl methyl sites for hydroxylation is 1. The first kappa shape index (κ1) is 22.7. The largest absolute Gasteiger partial charge is 0.497 e. The van der Waals surface area contributed by atoms with E-state index in [1.165, 1.54) is 0 Å². The van der Waals surface area contributed by atoms with Gasteiger partial charge in [-0.3, -0.25) is 4.79 Å². The summed E-state index contributed by atoms with van der Waals surface area (Å²) in [5.74, 6) is 0.0316. The van der Waals surface area contributed by atoms with Gasteiger partial charge in [0.25, 0.3) is 5.91 Å². The van der Waals surface area contributed by atoms with E-state index in [9.17, 15) is 9.90 Å². The molecule has 35 heavy (non-hydrogen) atoms. The predicted octanol–water partition coefficient (Wildman–Crippen LogP) is 7.28. The fourth-order valence-electron chi connectivity index (χ4n) is 4.12. The molecule has 0 bridgehead atoms. The Morgan fingerprint density at radius 3 is 2.57 bits per heavy atom. The maximum Gasteiger partial charge on any atom is 0.296 e. The first-order chi connectivity index (χ1) is 17.0. The highest BCUT2D eigenvalue weighted by Gasteiger charge is 2.18. The zero-order valence-corrected chi connectivity index (χ0v) is 20.7. The summed E-state index contributed by atoms with van der Waals surface area (Å²) in [5.41, 5.74) is 3.56. The van der Waals surface area contributed by atoms with Gasteiger partial charge in [0, 0.05) is 27.4 Å². The Labute approximate surface area is 209 Å². The summed E-state index contributed by atoms with van der Waals surface area (Å²) in [6, 6.07) is 22.3. The Balaban J connectivity index is 1.64. The van der Waals surface area contributed by atoms with E-state index >= 15 is 0 Å². The first-order valence-electron chi connectivity index (χ1n) is 11.0. The molecule has 2 heterocycles. The molecule has 3 aromatic carbocycles. The first-order valence-corrected chi connectivity index (χ1v) is 11.8. The van der Waals surface area contributed by atoms with Crippen LogP contribution in [0.15, 0.2) is 87.5 Å². The fourth-order valence-corrected chi connectivity index (χ4v) is 4.38. The molecular weight excluding hydrogens is 508 g/mol. The highest BCUT2D eigenvalue weighted by molar-refractivity contribution is 9.10. The number of amides is 1. The van der Waals surface area contributed by atoms with Gasteiger partial charge in [0.05, 0.1) is 29.4 Å². The third-order valence-corrected chi connectivity index (χ3v) is 6.39. The van der Waals surface area contributed by atoms with Crippen LogP contribution in [-0.4, -0.2) is 27.7 Å². The van der Waals surface area contributed by atoms with Crippen LogP contribution in [-0.2, 0) is 6.54 Å². The number of pyridine rings is 1. The van der Waals surface area contributed by atoms with Crippen LogP contribution < -0.4 is 4.74 Å². The quantitative estimate of drug-likeness (QED) is 0.243. The number of fused-ring (bicyclic) bond motifs is 2. The number of nitrogens with zero attached hydrogens (tertiary/aromatic N) is 4. The number of halogens is 1. The molecule has 2 aromatic heterocycles. The molecule has 0 atom stereocenters. The normalized spacial score (nSPS) is 11.5. The molecule has 174 valence electrons. The van der Waals surface area contributed by atoms with Gasteiger partial charge in [0.15, 0.2) is 5.69 Å². The molecule has 5 aromatic rings. The molecule has 0 aliphatic heterocycles. The van der Waals surface area contributed by atoms with Crippen LogP contribution in [0.4, 0.5) is 5.69 Å². The number of hydrogen-bond acceptors (Lipinski definition) is 5. The summed E-state index contributed by atoms with van der Waals surface area (Å²) >= 11 is 3.45. The molecule has 8 heteroatoms. The van der Waals surface area contributed by atoms with Crippen LogP contribution in [0, 0.1) is 0 Å². The third kappa shape index (κ3) is 4.17. The number of ether oxygens (including phenoxy) is 1. The zero-order chi connectivity index (χ0) is 24.5. The second-order valence-corrected chi connectivity index (χ2v) is 8.80. The number of azo groups is 1. The molecule has 0 aliphatic rings. The van der Waals surface area contributed by atoms with Crippen LogP contribution in [0.25, 0.3) is 33.1 Å². The van der Waals surface area contributed by atoms with Gasteiger partial charge in [0.1, 0.15) is 5.75 Å². The lowest BCUT2D eigenvalue weighted by Crippen LogP contribution is -1.99. The van der Waals surface area contributed by atoms with E-state index in [1.807, 2.05) is 61.5 Å². The van der Waals surface area contributed by atoms with Gasteiger partial charge >= 0.3 is 0 Å². The van der Waals surface area contributed by atoms with Gasteiger partial charge in [-0.2, -0.15) is 0 Å². The van der Waals surface area contributed by atoms with Crippen molar-refractivity contribution < 1.29 is 14.6 Å². The minimum absolute atomic E-state index is 0.0259. The van der Waals surface area contributed by atoms with Crippen molar-refractivity contribution in [2.24, 2.45) is 10.2 Å². The van der Waals surface area contributed by atoms with Crippen LogP contribution in [0.2, 0.25) is 0 Å². The minimum atomic E-state index is -0.545. The predicted molar refractivity (Wildman–Crippen MR) is 140 cm³/mol. The van der Waals surface area contributed by atoms with E-state index in [1.54, 1.807) is 29.9 Å². The van der Waals surface area contributed by atoms with Crippen molar-refractivity contribution in [3.05, 3.63) is 82.8 Å². The fraction of sp³-hybridized carbons (Fsp3) is 0.111. The van der Waals surface area contributed by atoms with E-state index in [2.05, 4.69) is 26.2 Å². The maximum atomic E-state index is 13.4. The summed E-state index contributed by atoms with van der Waals surface area (Å²) in [6.07, 6.45) is 0. The maximum absolute atomic E-state index is 13.4. The molecular formula is C27H21BrN4O3. The van der Waals surface area contributed by atoms with Crippen LogP contribution >= 0.6 is 15.9 Å². The highest BCUT2D eigenvalue weighted by atomic mass is 79.9. The molecule has 0 unspecified atom stereocenters. The molecule has 0 saturated carbocycles. The Hall–Kier alpha value is -4.04. The molecule has 1 amide bonds. The van der Waals surface area contributed by atoms with E-state index in [0.29, 0.717) is 34.5 Å². The smallest absolute Gasteiger partial charge is 0.296 e. The molecule has 0 spiro atoms. The van der Waals surface area contributed by atoms with Gasteiger partial charge in [0.2, 0.25) is 5.88 Å². The van der Waals surface area contributed by atoms with Gasteiger partial charge < -0.3 is 14.4 Å². The Morgan fingerprint density at radius 1 is 1.06 bits per heavy atom. The number of carbonyl (C=O) groups is 1. The van der Waals surface area contributed by atoms with Crippen molar-refractivity contribution in [1.29, 1.82) is 0 Å². The molecule has 0 fully saturated rings. The topological polar surface area (TPSA) is 89.1 Å². The summed E-state index contributed by atoms with van der Waals surface area (Å²) in [4.78, 5) is 18.1. The third-order valence-electron chi connectivity index (χ3n) is 5.86. The second-order valence-electron chi connectivity index (χ2n) is 7.88. The number of aromatic nitrogens is 2. The number of hydrogen-bond donors (Lipinski definition) is 1. The van der Waals surface area contributed by atoms with Crippen molar-refractivity contribution in [3.63, 3.8) is 0 Å². The highest BCUT2D eigenvalue weighted by Crippen LogP contribution is 2.39. The van der Waals surface area contributed by atoms with E-state index in [4.69, 9.17) is 9.72 Å². The average molecular weight is 529 g/mol. The molecule has 0 radical (unpaired) electrons. The average Bonchev–Trinajstić information content (AvgIpc) is 3.16. The van der Waals surface area contributed by atoms with Crippen molar-refractivity contribution >= 4 is 49.3 Å². The minimum Gasteiger partial charge on any atom is -0.497 e. The summed E-state index contributed by atoms with van der Waals surface area (Å²) in [6.45, 7) is 2.49. The van der Waals surface area contributed by atoms with Gasteiger partial charge in [-0.05, 0) is 49.4 Å². The number of aromatic hydroxyl groups is 1. The summed E-state index contributed by atoms with van der Waals surface area (Å²) in [7, 11) is 1.57. The molecule has 7 nitrogen and oxygen atoms in total. The number of benzene rings is 3. The molecule has 0 aliphatic carbocycles. The standard InChI is InChI=1S/C27H21BrN4O3/c1-3-32-24-7-5-4-6-19(24)25(27(32)34)30-31-26(33)21-15-23(16-8-10-17(28)11-9-16)29-22-13-12-18(35-2)14-20(21)22/h4-15,34H,3H2,1-2H3. The van der Waals surface area contributed by atoms with E-state index in [-0.39, 0.29) is 11.6 Å². The number of methoxy groups -OCH3 is 1.